The van der Waals surface area contributed by atoms with Crippen LogP contribution in [-0.4, -0.2) is 39.4 Å². The van der Waals surface area contributed by atoms with Gasteiger partial charge in [0.25, 0.3) is 0 Å². The van der Waals surface area contributed by atoms with E-state index in [1.165, 1.54) is 0 Å². The van der Waals surface area contributed by atoms with Crippen LogP contribution in [0.3, 0.4) is 0 Å². The van der Waals surface area contributed by atoms with Gasteiger partial charge < -0.3 is 9.52 Å². The van der Waals surface area contributed by atoms with E-state index < -0.39 is 5.60 Å². The van der Waals surface area contributed by atoms with E-state index in [4.69, 9.17) is 4.42 Å². The molecule has 5 heteroatoms. The van der Waals surface area contributed by atoms with Gasteiger partial charge in [0.15, 0.2) is 5.76 Å². The van der Waals surface area contributed by atoms with Crippen LogP contribution in [0.25, 0.3) is 11.5 Å². The zero-order valence-corrected chi connectivity index (χ0v) is 11.9. The lowest BCUT2D eigenvalue weighted by Crippen LogP contribution is -2.35. The molecule has 2 aromatic heterocycles. The normalized spacial score (nSPS) is 12.3. The van der Waals surface area contributed by atoms with E-state index in [2.05, 4.69) is 15.1 Å². The molecule has 2 heterocycles. The monoisotopic (exact) mass is 263 g/mol. The Bertz CT molecular complexity index is 537. The Hall–Kier alpha value is -1.59. The molecule has 0 amide bonds. The first kappa shape index (κ1) is 13.8. The zero-order valence-electron chi connectivity index (χ0n) is 11.9. The van der Waals surface area contributed by atoms with Gasteiger partial charge in [-0.25, -0.2) is 0 Å². The van der Waals surface area contributed by atoms with Crippen LogP contribution in [0, 0.1) is 6.92 Å². The predicted molar refractivity (Wildman–Crippen MR) is 73.7 cm³/mol. The van der Waals surface area contributed by atoms with Crippen LogP contribution >= 0.6 is 0 Å². The molecule has 0 radical (unpaired) electrons. The molecule has 0 unspecified atom stereocenters. The number of H-pyrrole nitrogens is 1. The highest BCUT2D eigenvalue weighted by atomic mass is 16.3. The van der Waals surface area contributed by atoms with Crippen molar-refractivity contribution >= 4 is 0 Å². The molecule has 5 nitrogen and oxygen atoms in total. The van der Waals surface area contributed by atoms with E-state index >= 15 is 0 Å². The number of aryl methyl sites for hydroxylation is 1. The van der Waals surface area contributed by atoms with Crippen molar-refractivity contribution in [3.05, 3.63) is 29.7 Å². The second-order valence-electron chi connectivity index (χ2n) is 5.67. The summed E-state index contributed by atoms with van der Waals surface area (Å²) in [4.78, 5) is 2.06. The Kier molecular flexibility index (Phi) is 3.78. The molecule has 2 N–H and O–H groups in total. The third-order valence-corrected chi connectivity index (χ3v) is 2.80. The molecular formula is C14H21N3O2. The first-order valence-electron chi connectivity index (χ1n) is 6.35. The van der Waals surface area contributed by atoms with Gasteiger partial charge in [0.05, 0.1) is 11.8 Å². The Labute approximate surface area is 113 Å². The van der Waals surface area contributed by atoms with Gasteiger partial charge in [-0.1, -0.05) is 0 Å². The van der Waals surface area contributed by atoms with E-state index in [9.17, 15) is 5.11 Å². The standard InChI is InChI=1S/C14H21N3O2/c1-10-5-6-12(19-10)13-11(7-15-16-13)8-17(4)9-14(2,3)18/h5-7,18H,8-9H2,1-4H3,(H,15,16). The number of aromatic nitrogens is 2. The quantitative estimate of drug-likeness (QED) is 0.867. The molecule has 2 aromatic rings. The maximum Gasteiger partial charge on any atom is 0.152 e. The van der Waals surface area contributed by atoms with E-state index in [1.807, 2.05) is 26.1 Å². The van der Waals surface area contributed by atoms with Crippen LogP contribution in [0.1, 0.15) is 25.2 Å². The number of nitrogens with zero attached hydrogens (tertiary/aromatic N) is 2. The molecule has 0 atom stereocenters. The fourth-order valence-corrected chi connectivity index (χ4v) is 2.22. The molecule has 0 aliphatic rings. The van der Waals surface area contributed by atoms with Crippen molar-refractivity contribution in [2.24, 2.45) is 0 Å². The van der Waals surface area contributed by atoms with Crippen molar-refractivity contribution in [3.63, 3.8) is 0 Å². The third-order valence-electron chi connectivity index (χ3n) is 2.80. The fourth-order valence-electron chi connectivity index (χ4n) is 2.22. The average molecular weight is 263 g/mol. The second kappa shape index (κ2) is 5.19. The summed E-state index contributed by atoms with van der Waals surface area (Å²) in [5.41, 5.74) is 1.25. The molecule has 104 valence electrons. The van der Waals surface area contributed by atoms with Crippen LogP contribution in [0.15, 0.2) is 22.7 Å². The fraction of sp³-hybridized carbons (Fsp3) is 0.500. The molecule has 19 heavy (non-hydrogen) atoms. The minimum Gasteiger partial charge on any atom is -0.460 e. The maximum absolute atomic E-state index is 9.82. The Morgan fingerprint density at radius 1 is 1.42 bits per heavy atom. The molecular weight excluding hydrogens is 242 g/mol. The second-order valence-corrected chi connectivity index (χ2v) is 5.67. The molecule has 2 rings (SSSR count). The Morgan fingerprint density at radius 3 is 2.74 bits per heavy atom. The van der Waals surface area contributed by atoms with Crippen molar-refractivity contribution in [1.29, 1.82) is 0 Å². The highest BCUT2D eigenvalue weighted by Crippen LogP contribution is 2.24. The summed E-state index contributed by atoms with van der Waals surface area (Å²) in [6.07, 6.45) is 1.80. The summed E-state index contributed by atoms with van der Waals surface area (Å²) in [5, 5.41) is 16.9. The number of nitrogens with one attached hydrogen (secondary N) is 1. The Balaban J connectivity index is 2.12. The lowest BCUT2D eigenvalue weighted by Gasteiger charge is -2.25. The van der Waals surface area contributed by atoms with Crippen LogP contribution in [-0.2, 0) is 6.54 Å². The van der Waals surface area contributed by atoms with Gasteiger partial charge in [-0.2, -0.15) is 5.10 Å². The van der Waals surface area contributed by atoms with E-state index in [0.29, 0.717) is 13.1 Å². The van der Waals surface area contributed by atoms with Crippen LogP contribution in [0.5, 0.6) is 0 Å². The summed E-state index contributed by atoms with van der Waals surface area (Å²) in [6, 6.07) is 3.86. The summed E-state index contributed by atoms with van der Waals surface area (Å²) >= 11 is 0. The molecule has 0 aliphatic carbocycles. The number of likely N-dealkylation sites (N-methyl/N-ethyl adjacent to an activating group) is 1. The number of aliphatic hydroxyl groups is 1. The van der Waals surface area contributed by atoms with Gasteiger partial charge in [0, 0.05) is 18.7 Å². The van der Waals surface area contributed by atoms with Crippen molar-refractivity contribution in [2.45, 2.75) is 32.9 Å². The van der Waals surface area contributed by atoms with Crippen molar-refractivity contribution in [3.8, 4) is 11.5 Å². The van der Waals surface area contributed by atoms with Crippen molar-refractivity contribution in [1.82, 2.24) is 15.1 Å². The third kappa shape index (κ3) is 3.68. The Morgan fingerprint density at radius 2 is 2.16 bits per heavy atom. The lowest BCUT2D eigenvalue weighted by atomic mass is 10.1. The van der Waals surface area contributed by atoms with Gasteiger partial charge in [-0.05, 0) is 40.0 Å². The van der Waals surface area contributed by atoms with E-state index in [0.717, 1.165) is 22.8 Å². The minimum absolute atomic E-state index is 0.592. The highest BCUT2D eigenvalue weighted by Gasteiger charge is 2.18. The number of rotatable bonds is 5. The van der Waals surface area contributed by atoms with Gasteiger partial charge in [0.2, 0.25) is 0 Å². The lowest BCUT2D eigenvalue weighted by molar-refractivity contribution is 0.0425. The van der Waals surface area contributed by atoms with Gasteiger partial charge in [-0.15, -0.1) is 0 Å². The van der Waals surface area contributed by atoms with Crippen molar-refractivity contribution < 1.29 is 9.52 Å². The van der Waals surface area contributed by atoms with Gasteiger partial charge in [-0.3, -0.25) is 10.00 Å². The molecule has 0 saturated heterocycles. The van der Waals surface area contributed by atoms with Crippen LogP contribution < -0.4 is 0 Å². The molecule has 0 aliphatic heterocycles. The molecule has 0 bridgehead atoms. The van der Waals surface area contributed by atoms with Crippen LogP contribution in [0.2, 0.25) is 0 Å². The number of furan rings is 1. The molecule has 0 spiro atoms. The topological polar surface area (TPSA) is 65.3 Å². The molecule has 0 saturated carbocycles. The summed E-state index contributed by atoms with van der Waals surface area (Å²) in [7, 11) is 1.97. The SMILES string of the molecule is Cc1ccc(-c2[nH]ncc2CN(C)CC(C)(C)O)o1. The molecule has 0 fully saturated rings. The average Bonchev–Trinajstić information content (AvgIpc) is 2.83. The van der Waals surface area contributed by atoms with Gasteiger partial charge in [0.1, 0.15) is 11.5 Å². The first-order valence-corrected chi connectivity index (χ1v) is 6.35. The first-order chi connectivity index (χ1) is 8.85. The van der Waals surface area contributed by atoms with Crippen LogP contribution in [0.4, 0.5) is 0 Å². The smallest absolute Gasteiger partial charge is 0.152 e. The highest BCUT2D eigenvalue weighted by molar-refractivity contribution is 5.56. The van der Waals surface area contributed by atoms with E-state index in [-0.39, 0.29) is 0 Å². The largest absolute Gasteiger partial charge is 0.460 e. The molecule has 0 aromatic carbocycles. The predicted octanol–water partition coefficient (Wildman–Crippen LogP) is 2.18. The summed E-state index contributed by atoms with van der Waals surface area (Å²) < 4.78 is 5.61. The van der Waals surface area contributed by atoms with E-state index in [1.54, 1.807) is 20.0 Å². The zero-order chi connectivity index (χ0) is 14.0. The summed E-state index contributed by atoms with van der Waals surface area (Å²) in [5.74, 6) is 1.67. The number of hydrogen-bond acceptors (Lipinski definition) is 4. The van der Waals surface area contributed by atoms with Gasteiger partial charge >= 0.3 is 0 Å². The minimum atomic E-state index is -0.708. The number of aromatic amines is 1. The maximum atomic E-state index is 9.82. The number of hydrogen-bond donors (Lipinski definition) is 2. The van der Waals surface area contributed by atoms with Crippen molar-refractivity contribution in [2.75, 3.05) is 13.6 Å². The summed E-state index contributed by atoms with van der Waals surface area (Å²) in [6.45, 7) is 6.82.